The summed E-state index contributed by atoms with van der Waals surface area (Å²) in [5.74, 6) is 0. The van der Waals surface area contributed by atoms with Gasteiger partial charge in [0.1, 0.15) is 5.54 Å². The van der Waals surface area contributed by atoms with Crippen LogP contribution in [0.1, 0.15) is 45.2 Å². The van der Waals surface area contributed by atoms with Crippen molar-refractivity contribution in [2.75, 3.05) is 0 Å². The van der Waals surface area contributed by atoms with Crippen LogP contribution in [0.3, 0.4) is 0 Å². The zero-order valence-corrected chi connectivity index (χ0v) is 15.8. The largest absolute Gasteiger partial charge is 0.427 e. The molecule has 1 heterocycles. The fourth-order valence-corrected chi connectivity index (χ4v) is 2.80. The van der Waals surface area contributed by atoms with E-state index in [0.717, 1.165) is 29.6 Å². The number of nitroso groups, excluding NO2 is 1. The van der Waals surface area contributed by atoms with Crippen molar-refractivity contribution >= 4 is 19.0 Å². The molecule has 1 aromatic heterocycles. The van der Waals surface area contributed by atoms with Gasteiger partial charge in [0.05, 0.1) is 11.3 Å². The quantitative estimate of drug-likeness (QED) is 0.578. The SMILES string of the molecule is CC(C)(N=O)C(C)(C)O[B]c1ccc(-c2nccc3c2CCC=C3)cc1. The molecule has 0 unspecified atom stereocenters. The van der Waals surface area contributed by atoms with Gasteiger partial charge in [-0.3, -0.25) is 4.98 Å². The number of nitrogens with zero attached hydrogens (tertiary/aromatic N) is 2. The van der Waals surface area contributed by atoms with E-state index in [2.05, 4.69) is 40.5 Å². The lowest BCUT2D eigenvalue weighted by Crippen LogP contribution is -2.47. The minimum absolute atomic E-state index is 0.695. The Kier molecular flexibility index (Phi) is 5.10. The molecule has 2 aromatic rings. The molecule has 1 aliphatic carbocycles. The first-order valence-corrected chi connectivity index (χ1v) is 8.94. The predicted molar refractivity (Wildman–Crippen MR) is 107 cm³/mol. The molecule has 1 radical (unpaired) electrons. The Morgan fingerprint density at radius 2 is 1.85 bits per heavy atom. The number of hydrogen-bond donors (Lipinski definition) is 0. The van der Waals surface area contributed by atoms with Crippen molar-refractivity contribution < 1.29 is 4.65 Å². The van der Waals surface area contributed by atoms with Crippen LogP contribution in [-0.4, -0.2) is 23.6 Å². The van der Waals surface area contributed by atoms with Crippen LogP contribution in [0.15, 0.2) is 47.8 Å². The Morgan fingerprint density at radius 3 is 2.54 bits per heavy atom. The molecule has 0 N–H and O–H groups in total. The highest BCUT2D eigenvalue weighted by Gasteiger charge is 2.39. The summed E-state index contributed by atoms with van der Waals surface area (Å²) >= 11 is 0. The molecule has 0 saturated carbocycles. The summed E-state index contributed by atoms with van der Waals surface area (Å²) in [5, 5.41) is 3.19. The summed E-state index contributed by atoms with van der Waals surface area (Å²) in [6.45, 7) is 7.28. The Hall–Kier alpha value is -2.27. The molecule has 0 spiro atoms. The molecule has 133 valence electrons. The standard InChI is InChI=1S/C21H24BN2O2/c1-20(2,24-25)21(3,4)26-22-17-11-9-16(10-12-17)19-18-8-6-5-7-15(18)13-14-23-19/h5,7,9-14H,6,8H2,1-4H3. The van der Waals surface area contributed by atoms with Crippen LogP contribution in [0, 0.1) is 4.91 Å². The molecule has 0 amide bonds. The summed E-state index contributed by atoms with van der Waals surface area (Å²) in [5.41, 5.74) is 4.14. The third-order valence-corrected chi connectivity index (χ3v) is 5.33. The van der Waals surface area contributed by atoms with Gasteiger partial charge < -0.3 is 4.65 Å². The van der Waals surface area contributed by atoms with Crippen molar-refractivity contribution in [3.63, 3.8) is 0 Å². The van der Waals surface area contributed by atoms with Gasteiger partial charge in [0.25, 0.3) is 0 Å². The summed E-state index contributed by atoms with van der Waals surface area (Å²) in [6, 6.07) is 10.2. The maximum atomic E-state index is 11.0. The lowest BCUT2D eigenvalue weighted by atomic mass is 9.81. The minimum Gasteiger partial charge on any atom is -0.427 e. The Bertz CT molecular complexity index is 826. The number of aromatic nitrogens is 1. The lowest BCUT2D eigenvalue weighted by molar-refractivity contribution is 0.0467. The molecule has 5 heteroatoms. The van der Waals surface area contributed by atoms with Crippen LogP contribution in [0.4, 0.5) is 0 Å². The van der Waals surface area contributed by atoms with E-state index in [9.17, 15) is 4.91 Å². The fourth-order valence-electron chi connectivity index (χ4n) is 2.80. The number of hydrogen-bond acceptors (Lipinski definition) is 4. The highest BCUT2D eigenvalue weighted by Crippen LogP contribution is 2.29. The molecule has 1 aliphatic rings. The average molecular weight is 347 g/mol. The van der Waals surface area contributed by atoms with Gasteiger partial charge in [-0.2, -0.15) is 4.91 Å². The molecule has 0 fully saturated rings. The highest BCUT2D eigenvalue weighted by atomic mass is 16.5. The Morgan fingerprint density at radius 1 is 1.12 bits per heavy atom. The summed E-state index contributed by atoms with van der Waals surface area (Å²) < 4.78 is 5.86. The molecule has 1 aromatic carbocycles. The third-order valence-electron chi connectivity index (χ3n) is 5.33. The fraction of sp³-hybridized carbons (Fsp3) is 0.381. The summed E-state index contributed by atoms with van der Waals surface area (Å²) in [6.07, 6.45) is 8.32. The van der Waals surface area contributed by atoms with Crippen molar-refractivity contribution in [2.24, 2.45) is 5.18 Å². The van der Waals surface area contributed by atoms with E-state index in [0.29, 0.717) is 0 Å². The summed E-state index contributed by atoms with van der Waals surface area (Å²) in [7, 11) is 1.69. The molecule has 0 saturated heterocycles. The van der Waals surface area contributed by atoms with E-state index in [1.165, 1.54) is 11.1 Å². The van der Waals surface area contributed by atoms with Gasteiger partial charge >= 0.3 is 7.48 Å². The minimum atomic E-state index is -0.815. The number of benzene rings is 1. The van der Waals surface area contributed by atoms with Crippen LogP contribution in [0.2, 0.25) is 0 Å². The normalized spacial score (nSPS) is 14.0. The van der Waals surface area contributed by atoms with Crippen molar-refractivity contribution in [2.45, 2.75) is 51.7 Å². The van der Waals surface area contributed by atoms with E-state index in [1.807, 2.05) is 32.2 Å². The van der Waals surface area contributed by atoms with E-state index >= 15 is 0 Å². The summed E-state index contributed by atoms with van der Waals surface area (Å²) in [4.78, 5) is 15.6. The first-order valence-electron chi connectivity index (χ1n) is 8.94. The molecule has 0 bridgehead atoms. The van der Waals surface area contributed by atoms with Gasteiger partial charge in [-0.25, -0.2) is 0 Å². The maximum absolute atomic E-state index is 11.0. The molecular formula is C21H24BN2O2. The van der Waals surface area contributed by atoms with Gasteiger partial charge in [-0.1, -0.05) is 47.1 Å². The monoisotopic (exact) mass is 347 g/mol. The molecule has 3 rings (SSSR count). The third kappa shape index (κ3) is 3.63. The van der Waals surface area contributed by atoms with E-state index < -0.39 is 11.1 Å². The maximum Gasteiger partial charge on any atom is 0.330 e. The van der Waals surface area contributed by atoms with E-state index in [4.69, 9.17) is 4.65 Å². The zero-order valence-electron chi connectivity index (χ0n) is 15.8. The zero-order chi connectivity index (χ0) is 18.8. The predicted octanol–water partition coefficient (Wildman–Crippen LogP) is 4.29. The van der Waals surface area contributed by atoms with Crippen LogP contribution >= 0.6 is 0 Å². The van der Waals surface area contributed by atoms with E-state index in [-0.39, 0.29) is 0 Å². The average Bonchev–Trinajstić information content (AvgIpc) is 2.66. The first kappa shape index (κ1) is 18.5. The Labute approximate surface area is 155 Å². The van der Waals surface area contributed by atoms with Crippen molar-refractivity contribution in [3.8, 4) is 11.3 Å². The van der Waals surface area contributed by atoms with Gasteiger partial charge in [0.2, 0.25) is 0 Å². The smallest absolute Gasteiger partial charge is 0.330 e. The van der Waals surface area contributed by atoms with Crippen LogP contribution in [0.5, 0.6) is 0 Å². The molecule has 0 atom stereocenters. The highest BCUT2D eigenvalue weighted by molar-refractivity contribution is 6.47. The van der Waals surface area contributed by atoms with Gasteiger partial charge in [-0.05, 0) is 57.7 Å². The topological polar surface area (TPSA) is 51.5 Å². The lowest BCUT2D eigenvalue weighted by Gasteiger charge is -2.36. The van der Waals surface area contributed by atoms with Crippen LogP contribution in [0.25, 0.3) is 17.3 Å². The van der Waals surface area contributed by atoms with Gasteiger partial charge in [0.15, 0.2) is 0 Å². The molecule has 4 nitrogen and oxygen atoms in total. The van der Waals surface area contributed by atoms with Crippen molar-refractivity contribution in [3.05, 3.63) is 58.6 Å². The number of rotatable bonds is 6. The van der Waals surface area contributed by atoms with Gasteiger partial charge in [-0.15, -0.1) is 0 Å². The number of fused-ring (bicyclic) bond motifs is 1. The second-order valence-electron chi connectivity index (χ2n) is 7.69. The number of allylic oxidation sites excluding steroid dienone is 1. The van der Waals surface area contributed by atoms with Crippen LogP contribution < -0.4 is 5.46 Å². The van der Waals surface area contributed by atoms with Crippen molar-refractivity contribution in [1.82, 2.24) is 4.98 Å². The Balaban J connectivity index is 1.76. The van der Waals surface area contributed by atoms with Crippen LogP contribution in [-0.2, 0) is 11.1 Å². The molecular weight excluding hydrogens is 323 g/mol. The molecule has 26 heavy (non-hydrogen) atoms. The second kappa shape index (κ2) is 7.16. The number of pyridine rings is 1. The van der Waals surface area contributed by atoms with Gasteiger partial charge in [0, 0.05) is 11.8 Å². The van der Waals surface area contributed by atoms with E-state index in [1.54, 1.807) is 21.3 Å². The second-order valence-corrected chi connectivity index (χ2v) is 7.69. The van der Waals surface area contributed by atoms with Crippen molar-refractivity contribution in [1.29, 1.82) is 0 Å². The molecule has 0 aliphatic heterocycles. The first-order chi connectivity index (χ1) is 12.3.